The fourth-order valence-electron chi connectivity index (χ4n) is 1.40. The molecule has 0 bridgehead atoms. The van der Waals surface area contributed by atoms with Crippen molar-refractivity contribution in [2.45, 2.75) is 32.9 Å². The number of hydrogen-bond donors (Lipinski definition) is 2. The van der Waals surface area contributed by atoms with Gasteiger partial charge in [-0.1, -0.05) is 18.9 Å². The van der Waals surface area contributed by atoms with Gasteiger partial charge in [0.15, 0.2) is 0 Å². The average Bonchev–Trinajstić information content (AvgIpc) is 2.55. The van der Waals surface area contributed by atoms with Crippen LogP contribution in [0.15, 0.2) is 4.42 Å². The van der Waals surface area contributed by atoms with Crippen LogP contribution in [0.4, 0.5) is 6.01 Å². The highest BCUT2D eigenvalue weighted by molar-refractivity contribution is 5.26. The Kier molecular flexibility index (Phi) is 2.19. The molecule has 0 amide bonds. The van der Waals surface area contributed by atoms with Crippen LogP contribution < -0.4 is 10.6 Å². The molecular formula is C9H16N4O. The summed E-state index contributed by atoms with van der Waals surface area (Å²) in [6.07, 6.45) is 1.16. The standard InChI is InChI=1S/C9H16N4O/c1-9(2)4-6(9)11-8-13-12-7(14-8)5-10-3/h6,10H,4-5H2,1-3H3,(H,11,13). The van der Waals surface area contributed by atoms with Gasteiger partial charge in [0.05, 0.1) is 6.54 Å². The summed E-state index contributed by atoms with van der Waals surface area (Å²) in [4.78, 5) is 0. The summed E-state index contributed by atoms with van der Waals surface area (Å²) in [5.41, 5.74) is 0.373. The summed E-state index contributed by atoms with van der Waals surface area (Å²) in [6.45, 7) is 5.05. The number of nitrogens with zero attached hydrogens (tertiary/aromatic N) is 2. The lowest BCUT2D eigenvalue weighted by atomic mass is 10.2. The summed E-state index contributed by atoms with van der Waals surface area (Å²) >= 11 is 0. The molecule has 0 radical (unpaired) electrons. The Bertz CT molecular complexity index is 320. The summed E-state index contributed by atoms with van der Waals surface area (Å²) in [6, 6.07) is 1.01. The van der Waals surface area contributed by atoms with E-state index in [-0.39, 0.29) is 0 Å². The summed E-state index contributed by atoms with van der Waals surface area (Å²) in [5.74, 6) is 0.619. The van der Waals surface area contributed by atoms with E-state index >= 15 is 0 Å². The monoisotopic (exact) mass is 196 g/mol. The molecule has 1 heterocycles. The minimum absolute atomic E-state index is 0.373. The molecule has 1 aromatic heterocycles. The molecule has 0 spiro atoms. The van der Waals surface area contributed by atoms with Gasteiger partial charge in [-0.05, 0) is 18.9 Å². The second-order valence-electron chi connectivity index (χ2n) is 4.42. The van der Waals surface area contributed by atoms with Gasteiger partial charge < -0.3 is 15.1 Å². The highest BCUT2D eigenvalue weighted by Gasteiger charge is 2.46. The van der Waals surface area contributed by atoms with Crippen molar-refractivity contribution >= 4 is 6.01 Å². The Morgan fingerprint density at radius 1 is 1.50 bits per heavy atom. The van der Waals surface area contributed by atoms with E-state index in [4.69, 9.17) is 4.42 Å². The van der Waals surface area contributed by atoms with Crippen LogP contribution >= 0.6 is 0 Å². The highest BCUT2D eigenvalue weighted by Crippen LogP contribution is 2.46. The molecule has 5 nitrogen and oxygen atoms in total. The lowest BCUT2D eigenvalue weighted by molar-refractivity contribution is 0.486. The third-order valence-corrected chi connectivity index (χ3v) is 2.61. The maximum absolute atomic E-state index is 5.37. The van der Waals surface area contributed by atoms with Gasteiger partial charge in [0.1, 0.15) is 0 Å². The van der Waals surface area contributed by atoms with Crippen molar-refractivity contribution in [2.24, 2.45) is 5.41 Å². The first kappa shape index (κ1) is 9.45. The van der Waals surface area contributed by atoms with Gasteiger partial charge >= 0.3 is 6.01 Å². The van der Waals surface area contributed by atoms with E-state index < -0.39 is 0 Å². The summed E-state index contributed by atoms with van der Waals surface area (Å²) in [7, 11) is 1.85. The molecule has 0 saturated heterocycles. The summed E-state index contributed by atoms with van der Waals surface area (Å²) < 4.78 is 5.37. The Morgan fingerprint density at radius 2 is 2.21 bits per heavy atom. The first-order chi connectivity index (χ1) is 6.62. The van der Waals surface area contributed by atoms with Crippen LogP contribution in [0, 0.1) is 5.41 Å². The molecule has 1 aromatic rings. The fraction of sp³-hybridized carbons (Fsp3) is 0.778. The van der Waals surface area contributed by atoms with Gasteiger partial charge in [0.25, 0.3) is 0 Å². The van der Waals surface area contributed by atoms with E-state index in [0.717, 1.165) is 6.42 Å². The van der Waals surface area contributed by atoms with Gasteiger partial charge in [-0.2, -0.15) is 0 Å². The molecule has 1 saturated carbocycles. The Hall–Kier alpha value is -1.10. The Morgan fingerprint density at radius 3 is 2.79 bits per heavy atom. The van der Waals surface area contributed by atoms with Gasteiger partial charge in [-0.3, -0.25) is 0 Å². The van der Waals surface area contributed by atoms with Crippen molar-refractivity contribution < 1.29 is 4.42 Å². The van der Waals surface area contributed by atoms with E-state index in [1.807, 2.05) is 7.05 Å². The quantitative estimate of drug-likeness (QED) is 0.752. The van der Waals surface area contributed by atoms with Crippen molar-refractivity contribution in [2.75, 3.05) is 12.4 Å². The maximum atomic E-state index is 5.37. The van der Waals surface area contributed by atoms with Crippen LogP contribution in [0.5, 0.6) is 0 Å². The number of hydrogen-bond acceptors (Lipinski definition) is 5. The van der Waals surface area contributed by atoms with Crippen molar-refractivity contribution in [1.82, 2.24) is 15.5 Å². The molecule has 1 atom stereocenters. The molecule has 0 aliphatic heterocycles. The van der Waals surface area contributed by atoms with E-state index in [1.165, 1.54) is 0 Å². The zero-order valence-electron chi connectivity index (χ0n) is 8.79. The van der Waals surface area contributed by atoms with Crippen LogP contribution in [0.1, 0.15) is 26.2 Å². The number of nitrogens with one attached hydrogen (secondary N) is 2. The molecule has 1 fully saturated rings. The minimum Gasteiger partial charge on any atom is -0.407 e. The van der Waals surface area contributed by atoms with Crippen LogP contribution in [-0.2, 0) is 6.54 Å². The smallest absolute Gasteiger partial charge is 0.315 e. The first-order valence-corrected chi connectivity index (χ1v) is 4.85. The molecule has 5 heteroatoms. The second-order valence-corrected chi connectivity index (χ2v) is 4.42. The molecule has 2 rings (SSSR count). The van der Waals surface area contributed by atoms with Crippen molar-refractivity contribution in [1.29, 1.82) is 0 Å². The Labute approximate surface area is 83.3 Å². The van der Waals surface area contributed by atoms with E-state index in [9.17, 15) is 0 Å². The molecule has 1 aliphatic rings. The van der Waals surface area contributed by atoms with Crippen molar-refractivity contribution in [3.63, 3.8) is 0 Å². The summed E-state index contributed by atoms with van der Waals surface area (Å²) in [5, 5.41) is 14.0. The lowest BCUT2D eigenvalue weighted by Gasteiger charge is -2.01. The number of aromatic nitrogens is 2. The van der Waals surface area contributed by atoms with Gasteiger partial charge in [0.2, 0.25) is 5.89 Å². The molecule has 78 valence electrons. The third kappa shape index (κ3) is 1.87. The molecule has 0 aromatic carbocycles. The van der Waals surface area contributed by atoms with Gasteiger partial charge in [0, 0.05) is 6.04 Å². The van der Waals surface area contributed by atoms with E-state index in [0.29, 0.717) is 29.9 Å². The first-order valence-electron chi connectivity index (χ1n) is 4.85. The van der Waals surface area contributed by atoms with Crippen LogP contribution in [0.3, 0.4) is 0 Å². The zero-order chi connectivity index (χ0) is 10.2. The topological polar surface area (TPSA) is 63.0 Å². The largest absolute Gasteiger partial charge is 0.407 e. The lowest BCUT2D eigenvalue weighted by Crippen LogP contribution is -2.08. The molecule has 1 aliphatic carbocycles. The van der Waals surface area contributed by atoms with Crippen LogP contribution in [0.25, 0.3) is 0 Å². The predicted octanol–water partition coefficient (Wildman–Crippen LogP) is 0.999. The van der Waals surface area contributed by atoms with Crippen LogP contribution in [-0.4, -0.2) is 23.3 Å². The fourth-order valence-corrected chi connectivity index (χ4v) is 1.40. The third-order valence-electron chi connectivity index (χ3n) is 2.61. The number of rotatable bonds is 4. The van der Waals surface area contributed by atoms with Crippen LogP contribution in [0.2, 0.25) is 0 Å². The average molecular weight is 196 g/mol. The zero-order valence-corrected chi connectivity index (χ0v) is 8.79. The molecule has 1 unspecified atom stereocenters. The minimum atomic E-state index is 0.373. The molecular weight excluding hydrogens is 180 g/mol. The second kappa shape index (κ2) is 3.24. The normalized spacial score (nSPS) is 23.5. The van der Waals surface area contributed by atoms with E-state index in [2.05, 4.69) is 34.7 Å². The van der Waals surface area contributed by atoms with Gasteiger partial charge in [-0.25, -0.2) is 0 Å². The molecule has 2 N–H and O–H groups in total. The Balaban J connectivity index is 1.91. The molecule has 14 heavy (non-hydrogen) atoms. The van der Waals surface area contributed by atoms with E-state index in [1.54, 1.807) is 0 Å². The maximum Gasteiger partial charge on any atom is 0.315 e. The predicted molar refractivity (Wildman–Crippen MR) is 52.9 cm³/mol. The van der Waals surface area contributed by atoms with Crippen molar-refractivity contribution in [3.05, 3.63) is 5.89 Å². The SMILES string of the molecule is CNCc1nnc(NC2CC2(C)C)o1. The number of anilines is 1. The highest BCUT2D eigenvalue weighted by atomic mass is 16.4. The van der Waals surface area contributed by atoms with Gasteiger partial charge in [-0.15, -0.1) is 5.10 Å². The van der Waals surface area contributed by atoms with Crippen molar-refractivity contribution in [3.8, 4) is 0 Å².